The Kier molecular flexibility index (Phi) is 4.68. The van der Waals surface area contributed by atoms with Crippen LogP contribution >= 0.6 is 0 Å². The standard InChI is InChI=1S/C17H23NO5/c1-18-12-8-11(9-13(18)16(21)15(12)20)23-17(22)14(19)7-10-5-3-2-4-6-10/h2-6,11-16,19-21H,7-9H2,1H3/t11?,12-,13+,14-,15-,16-/m1/s1. The van der Waals surface area contributed by atoms with Crippen LogP contribution in [0.25, 0.3) is 0 Å². The maximum atomic E-state index is 12.1. The van der Waals surface area contributed by atoms with E-state index in [2.05, 4.69) is 0 Å². The van der Waals surface area contributed by atoms with Crippen LogP contribution in [-0.4, -0.2) is 69.7 Å². The summed E-state index contributed by atoms with van der Waals surface area (Å²) in [6.45, 7) is 0. The zero-order valence-corrected chi connectivity index (χ0v) is 13.1. The molecule has 2 bridgehead atoms. The summed E-state index contributed by atoms with van der Waals surface area (Å²) in [7, 11) is 1.86. The predicted octanol–water partition coefficient (Wildman–Crippen LogP) is -0.300. The van der Waals surface area contributed by atoms with E-state index in [0.717, 1.165) is 5.56 Å². The number of fused-ring (bicyclic) bond motifs is 2. The first-order chi connectivity index (χ1) is 11.0. The Morgan fingerprint density at radius 1 is 1.22 bits per heavy atom. The molecule has 0 amide bonds. The van der Waals surface area contributed by atoms with Gasteiger partial charge in [0.2, 0.25) is 0 Å². The molecule has 23 heavy (non-hydrogen) atoms. The molecule has 1 unspecified atom stereocenters. The molecule has 2 aliphatic rings. The monoisotopic (exact) mass is 321 g/mol. The number of aliphatic hydroxyl groups excluding tert-OH is 3. The number of aliphatic hydroxyl groups is 3. The summed E-state index contributed by atoms with van der Waals surface area (Å²) in [6, 6.07) is 8.84. The lowest BCUT2D eigenvalue weighted by atomic mass is 10.00. The highest BCUT2D eigenvalue weighted by Crippen LogP contribution is 2.36. The van der Waals surface area contributed by atoms with Crippen LogP contribution in [-0.2, 0) is 16.0 Å². The molecule has 6 heteroatoms. The third-order valence-electron chi connectivity index (χ3n) is 5.02. The molecule has 0 spiro atoms. The van der Waals surface area contributed by atoms with Gasteiger partial charge in [0.25, 0.3) is 0 Å². The van der Waals surface area contributed by atoms with Gasteiger partial charge in [0.15, 0.2) is 6.10 Å². The predicted molar refractivity (Wildman–Crippen MR) is 82.6 cm³/mol. The van der Waals surface area contributed by atoms with Crippen LogP contribution in [0.15, 0.2) is 30.3 Å². The lowest BCUT2D eigenvalue weighted by molar-refractivity contribution is -0.162. The van der Waals surface area contributed by atoms with Crippen molar-refractivity contribution in [2.45, 2.75) is 55.8 Å². The van der Waals surface area contributed by atoms with Crippen molar-refractivity contribution in [3.05, 3.63) is 35.9 Å². The van der Waals surface area contributed by atoms with E-state index in [-0.39, 0.29) is 24.6 Å². The minimum Gasteiger partial charge on any atom is -0.460 e. The van der Waals surface area contributed by atoms with Gasteiger partial charge in [-0.3, -0.25) is 4.90 Å². The van der Waals surface area contributed by atoms with Gasteiger partial charge >= 0.3 is 5.97 Å². The van der Waals surface area contributed by atoms with Crippen LogP contribution in [0.2, 0.25) is 0 Å². The maximum Gasteiger partial charge on any atom is 0.335 e. The number of likely N-dealkylation sites (N-methyl/N-ethyl adjacent to an activating group) is 1. The molecule has 0 aromatic heterocycles. The fraction of sp³-hybridized carbons (Fsp3) is 0.588. The van der Waals surface area contributed by atoms with Gasteiger partial charge in [0.05, 0.1) is 12.2 Å². The van der Waals surface area contributed by atoms with Crippen LogP contribution in [0.5, 0.6) is 0 Å². The van der Waals surface area contributed by atoms with Crippen LogP contribution in [0.4, 0.5) is 0 Å². The highest BCUT2D eigenvalue weighted by atomic mass is 16.6. The van der Waals surface area contributed by atoms with Gasteiger partial charge in [0, 0.05) is 31.3 Å². The van der Waals surface area contributed by atoms with E-state index in [0.29, 0.717) is 12.8 Å². The Balaban J connectivity index is 1.57. The summed E-state index contributed by atoms with van der Waals surface area (Å²) in [5.41, 5.74) is 0.867. The van der Waals surface area contributed by atoms with E-state index in [1.54, 1.807) is 0 Å². The Hall–Kier alpha value is -1.47. The molecule has 0 radical (unpaired) electrons. The third kappa shape index (κ3) is 3.26. The van der Waals surface area contributed by atoms with Gasteiger partial charge in [-0.05, 0) is 12.6 Å². The van der Waals surface area contributed by atoms with Crippen molar-refractivity contribution < 1.29 is 24.9 Å². The number of piperidine rings is 1. The second-order valence-corrected chi connectivity index (χ2v) is 6.52. The summed E-state index contributed by atoms with van der Waals surface area (Å²) in [5.74, 6) is -0.646. The minimum absolute atomic E-state index is 0.213. The number of ether oxygens (including phenoxy) is 1. The first kappa shape index (κ1) is 16.4. The van der Waals surface area contributed by atoms with Crippen molar-refractivity contribution in [2.24, 2.45) is 0 Å². The number of esters is 1. The largest absolute Gasteiger partial charge is 0.460 e. The van der Waals surface area contributed by atoms with E-state index in [1.165, 1.54) is 0 Å². The molecule has 0 saturated carbocycles. The van der Waals surface area contributed by atoms with E-state index in [9.17, 15) is 20.1 Å². The van der Waals surface area contributed by atoms with Crippen molar-refractivity contribution in [1.29, 1.82) is 0 Å². The molecule has 2 heterocycles. The molecule has 0 aliphatic carbocycles. The number of hydrogen-bond acceptors (Lipinski definition) is 6. The summed E-state index contributed by atoms with van der Waals surface area (Å²) in [4.78, 5) is 14.0. The van der Waals surface area contributed by atoms with E-state index < -0.39 is 24.3 Å². The molecule has 2 aliphatic heterocycles. The summed E-state index contributed by atoms with van der Waals surface area (Å²) in [5, 5.41) is 30.0. The zero-order chi connectivity index (χ0) is 16.6. The third-order valence-corrected chi connectivity index (χ3v) is 5.02. The fourth-order valence-electron chi connectivity index (χ4n) is 3.69. The van der Waals surface area contributed by atoms with Crippen molar-refractivity contribution in [1.82, 2.24) is 4.90 Å². The van der Waals surface area contributed by atoms with Crippen molar-refractivity contribution >= 4 is 5.97 Å². The molecular weight excluding hydrogens is 298 g/mol. The lowest BCUT2D eigenvalue weighted by Gasteiger charge is -2.36. The second-order valence-electron chi connectivity index (χ2n) is 6.52. The molecule has 1 aromatic carbocycles. The molecule has 6 atom stereocenters. The van der Waals surface area contributed by atoms with Gasteiger partial charge in [-0.2, -0.15) is 0 Å². The molecule has 2 fully saturated rings. The quantitative estimate of drug-likeness (QED) is 0.660. The number of rotatable bonds is 4. The SMILES string of the molecule is CN1[C@@H]2CC(OC(=O)[C@H](O)Cc3ccccc3)C[C@H]1[C@@H](O)[C@@H]2O. The number of carbonyl (C=O) groups is 1. The molecule has 1 aromatic rings. The number of benzene rings is 1. The summed E-state index contributed by atoms with van der Waals surface area (Å²) < 4.78 is 5.41. The normalized spacial score (nSPS) is 35.0. The van der Waals surface area contributed by atoms with E-state index in [4.69, 9.17) is 4.74 Å². The summed E-state index contributed by atoms with van der Waals surface area (Å²) in [6.07, 6.45) is -2.07. The van der Waals surface area contributed by atoms with Crippen LogP contribution in [0.3, 0.4) is 0 Å². The Labute approximate surface area is 135 Å². The Morgan fingerprint density at radius 2 is 1.78 bits per heavy atom. The topological polar surface area (TPSA) is 90.2 Å². The number of carbonyl (C=O) groups excluding carboxylic acids is 1. The minimum atomic E-state index is -1.20. The highest BCUT2D eigenvalue weighted by Gasteiger charge is 2.51. The average molecular weight is 321 g/mol. The van der Waals surface area contributed by atoms with Crippen LogP contribution in [0, 0.1) is 0 Å². The molecule has 3 rings (SSSR count). The van der Waals surface area contributed by atoms with Gasteiger partial charge in [-0.25, -0.2) is 4.79 Å². The lowest BCUT2D eigenvalue weighted by Crippen LogP contribution is -2.46. The molecule has 2 saturated heterocycles. The molecule has 3 N–H and O–H groups in total. The summed E-state index contributed by atoms with van der Waals surface area (Å²) >= 11 is 0. The molecule has 126 valence electrons. The van der Waals surface area contributed by atoms with Crippen molar-refractivity contribution in [3.63, 3.8) is 0 Å². The Morgan fingerprint density at radius 3 is 2.35 bits per heavy atom. The van der Waals surface area contributed by atoms with Gasteiger partial charge in [-0.1, -0.05) is 30.3 Å². The maximum absolute atomic E-state index is 12.1. The average Bonchev–Trinajstić information content (AvgIpc) is 2.67. The molecule has 6 nitrogen and oxygen atoms in total. The smallest absolute Gasteiger partial charge is 0.335 e. The zero-order valence-electron chi connectivity index (χ0n) is 13.1. The Bertz CT molecular complexity index is 525. The van der Waals surface area contributed by atoms with Gasteiger partial charge in [0.1, 0.15) is 6.10 Å². The van der Waals surface area contributed by atoms with Crippen molar-refractivity contribution in [2.75, 3.05) is 7.05 Å². The van der Waals surface area contributed by atoms with Crippen LogP contribution in [0.1, 0.15) is 18.4 Å². The highest BCUT2D eigenvalue weighted by molar-refractivity contribution is 5.75. The van der Waals surface area contributed by atoms with E-state index >= 15 is 0 Å². The fourth-order valence-corrected chi connectivity index (χ4v) is 3.69. The van der Waals surface area contributed by atoms with Gasteiger partial charge < -0.3 is 20.1 Å². The second kappa shape index (κ2) is 6.57. The van der Waals surface area contributed by atoms with Crippen molar-refractivity contribution in [3.8, 4) is 0 Å². The van der Waals surface area contributed by atoms with Crippen LogP contribution < -0.4 is 0 Å². The number of nitrogens with zero attached hydrogens (tertiary/aromatic N) is 1. The molecular formula is C17H23NO5. The van der Waals surface area contributed by atoms with Gasteiger partial charge in [-0.15, -0.1) is 0 Å². The van der Waals surface area contributed by atoms with E-state index in [1.807, 2.05) is 42.3 Å². The number of hydrogen-bond donors (Lipinski definition) is 3. The first-order valence-corrected chi connectivity index (χ1v) is 7.98. The first-order valence-electron chi connectivity index (χ1n) is 7.98.